The Bertz CT molecular complexity index is 1540. The highest BCUT2D eigenvalue weighted by molar-refractivity contribution is 8.18. The van der Waals surface area contributed by atoms with Crippen molar-refractivity contribution in [1.29, 1.82) is 0 Å². The standard InChI is InChI=1S/C25H18N4O8S2/c1-38-18-7-4-6-16(12-18)26-23(30)14-27-24(31)22(39-25(27)32)11-15-5-2-3-8-20(15)37-21-10-9-17(28(33)34)13-19(21)29(35)36/h2-13H,14H2,1H3,(H,26,30)/b22-11+. The zero-order valence-corrected chi connectivity index (χ0v) is 21.7. The first-order chi connectivity index (χ1) is 18.7. The van der Waals surface area contributed by atoms with E-state index in [2.05, 4.69) is 5.32 Å². The van der Waals surface area contributed by atoms with E-state index in [1.165, 1.54) is 23.9 Å². The molecule has 4 rings (SSSR count). The molecular formula is C25H18N4O8S2. The van der Waals surface area contributed by atoms with E-state index >= 15 is 0 Å². The second kappa shape index (κ2) is 11.8. The molecule has 0 aliphatic carbocycles. The summed E-state index contributed by atoms with van der Waals surface area (Å²) in [5.41, 5.74) is -0.250. The van der Waals surface area contributed by atoms with E-state index in [4.69, 9.17) is 4.74 Å². The van der Waals surface area contributed by atoms with Crippen molar-refractivity contribution in [3.8, 4) is 11.5 Å². The molecule has 1 N–H and O–H groups in total. The molecule has 3 aromatic rings. The number of carbonyl (C=O) groups is 3. The molecule has 0 unspecified atom stereocenters. The zero-order valence-electron chi connectivity index (χ0n) is 20.1. The molecule has 0 bridgehead atoms. The summed E-state index contributed by atoms with van der Waals surface area (Å²) in [5, 5.41) is 24.5. The predicted octanol–water partition coefficient (Wildman–Crippen LogP) is 5.69. The van der Waals surface area contributed by atoms with Gasteiger partial charge >= 0.3 is 5.69 Å². The highest BCUT2D eigenvalue weighted by atomic mass is 32.2. The fourth-order valence-corrected chi connectivity index (χ4v) is 4.77. The van der Waals surface area contributed by atoms with E-state index in [0.29, 0.717) is 23.0 Å². The Morgan fingerprint density at radius 3 is 2.51 bits per heavy atom. The lowest BCUT2D eigenvalue weighted by Crippen LogP contribution is -2.36. The van der Waals surface area contributed by atoms with Crippen LogP contribution in [0.3, 0.4) is 0 Å². The van der Waals surface area contributed by atoms with Crippen LogP contribution in [0.4, 0.5) is 21.9 Å². The van der Waals surface area contributed by atoms with Gasteiger partial charge in [0.25, 0.3) is 16.8 Å². The number of nitrogens with zero attached hydrogens (tertiary/aromatic N) is 3. The zero-order chi connectivity index (χ0) is 28.1. The van der Waals surface area contributed by atoms with E-state index in [9.17, 15) is 34.6 Å². The maximum absolute atomic E-state index is 13.0. The number of non-ortho nitro benzene ring substituents is 1. The Morgan fingerprint density at radius 1 is 1.03 bits per heavy atom. The van der Waals surface area contributed by atoms with Crippen LogP contribution < -0.4 is 10.1 Å². The van der Waals surface area contributed by atoms with Gasteiger partial charge in [-0.25, -0.2) is 0 Å². The highest BCUT2D eigenvalue weighted by Gasteiger charge is 2.36. The average Bonchev–Trinajstić information content (AvgIpc) is 3.17. The summed E-state index contributed by atoms with van der Waals surface area (Å²) >= 11 is 2.13. The van der Waals surface area contributed by atoms with Crippen LogP contribution in [0.25, 0.3) is 6.08 Å². The van der Waals surface area contributed by atoms with E-state index in [1.54, 1.807) is 36.4 Å². The molecule has 3 amide bonds. The van der Waals surface area contributed by atoms with Gasteiger partial charge < -0.3 is 10.1 Å². The number of thioether (sulfide) groups is 2. The number of benzene rings is 3. The molecule has 0 atom stereocenters. The van der Waals surface area contributed by atoms with Crippen molar-refractivity contribution in [2.24, 2.45) is 0 Å². The summed E-state index contributed by atoms with van der Waals surface area (Å²) in [6.45, 7) is -0.487. The summed E-state index contributed by atoms with van der Waals surface area (Å²) < 4.78 is 5.69. The van der Waals surface area contributed by atoms with E-state index < -0.39 is 44.8 Å². The molecule has 0 aromatic heterocycles. The minimum atomic E-state index is -0.807. The summed E-state index contributed by atoms with van der Waals surface area (Å²) in [7, 11) is 0. The normalized spacial score (nSPS) is 14.0. The Labute approximate surface area is 229 Å². The van der Waals surface area contributed by atoms with Gasteiger partial charge in [-0.3, -0.25) is 39.5 Å². The van der Waals surface area contributed by atoms with Gasteiger partial charge in [-0.05, 0) is 54.4 Å². The Morgan fingerprint density at radius 2 is 1.79 bits per heavy atom. The van der Waals surface area contributed by atoms with Gasteiger partial charge in [-0.1, -0.05) is 24.3 Å². The minimum Gasteiger partial charge on any atom is -0.449 e. The summed E-state index contributed by atoms with van der Waals surface area (Å²) in [6.07, 6.45) is 3.27. The molecule has 1 fully saturated rings. The summed E-state index contributed by atoms with van der Waals surface area (Å²) in [6, 6.07) is 16.3. The Hall–Kier alpha value is -4.69. The third kappa shape index (κ3) is 6.42. The molecule has 0 saturated carbocycles. The molecule has 1 aliphatic rings. The van der Waals surface area contributed by atoms with Crippen LogP contribution in [-0.4, -0.2) is 44.6 Å². The number of carbonyl (C=O) groups excluding carboxylic acids is 3. The molecule has 14 heteroatoms. The molecule has 0 spiro atoms. The third-order valence-corrected chi connectivity index (χ3v) is 6.94. The van der Waals surface area contributed by atoms with Gasteiger partial charge in [-0.2, -0.15) is 0 Å². The van der Waals surface area contributed by atoms with E-state index in [1.807, 2.05) is 12.3 Å². The van der Waals surface area contributed by atoms with Gasteiger partial charge in [0, 0.05) is 22.2 Å². The topological polar surface area (TPSA) is 162 Å². The number of hydrogen-bond donors (Lipinski definition) is 1. The SMILES string of the molecule is CSc1cccc(NC(=O)CN2C(=O)S/C(=C/c3ccccc3Oc3ccc([N+](=O)[O-])cc3[N+](=O)[O-])C2=O)c1. The van der Waals surface area contributed by atoms with Crippen LogP contribution in [0.15, 0.2) is 76.5 Å². The van der Waals surface area contributed by atoms with Crippen molar-refractivity contribution < 1.29 is 29.0 Å². The quantitative estimate of drug-likeness (QED) is 0.147. The summed E-state index contributed by atoms with van der Waals surface area (Å²) in [4.78, 5) is 60.7. The molecule has 198 valence electrons. The first kappa shape index (κ1) is 27.3. The number of imide groups is 1. The Balaban J connectivity index is 1.53. The second-order valence-corrected chi connectivity index (χ2v) is 9.73. The lowest BCUT2D eigenvalue weighted by Gasteiger charge is -2.13. The van der Waals surface area contributed by atoms with Crippen LogP contribution >= 0.6 is 23.5 Å². The molecule has 39 heavy (non-hydrogen) atoms. The first-order valence-corrected chi connectivity index (χ1v) is 13.1. The van der Waals surface area contributed by atoms with Crippen LogP contribution in [-0.2, 0) is 9.59 Å². The number of hydrogen-bond acceptors (Lipinski definition) is 10. The molecule has 0 radical (unpaired) electrons. The lowest BCUT2D eigenvalue weighted by molar-refractivity contribution is -0.394. The number of ether oxygens (including phenoxy) is 1. The number of nitro groups is 2. The number of amides is 3. The maximum atomic E-state index is 13.0. The lowest BCUT2D eigenvalue weighted by atomic mass is 10.1. The smallest absolute Gasteiger partial charge is 0.318 e. The van der Waals surface area contributed by atoms with Crippen molar-refractivity contribution in [1.82, 2.24) is 4.90 Å². The second-order valence-electron chi connectivity index (χ2n) is 7.85. The van der Waals surface area contributed by atoms with E-state index in [0.717, 1.165) is 28.0 Å². The number of rotatable bonds is 9. The van der Waals surface area contributed by atoms with Crippen LogP contribution in [0.2, 0.25) is 0 Å². The summed E-state index contributed by atoms with van der Waals surface area (Å²) in [5.74, 6) is -1.38. The van der Waals surface area contributed by atoms with Crippen molar-refractivity contribution in [3.63, 3.8) is 0 Å². The fraction of sp³-hybridized carbons (Fsp3) is 0.0800. The number of nitrogens with one attached hydrogen (secondary N) is 1. The highest BCUT2D eigenvalue weighted by Crippen LogP contribution is 2.38. The Kier molecular flexibility index (Phi) is 8.27. The average molecular weight is 567 g/mol. The molecular weight excluding hydrogens is 548 g/mol. The van der Waals surface area contributed by atoms with Gasteiger partial charge in [0.2, 0.25) is 11.7 Å². The van der Waals surface area contributed by atoms with Gasteiger partial charge in [0.1, 0.15) is 12.3 Å². The largest absolute Gasteiger partial charge is 0.449 e. The van der Waals surface area contributed by atoms with Crippen LogP contribution in [0, 0.1) is 20.2 Å². The van der Waals surface area contributed by atoms with Gasteiger partial charge in [0.05, 0.1) is 20.8 Å². The van der Waals surface area contributed by atoms with Crippen molar-refractivity contribution in [2.45, 2.75) is 4.90 Å². The van der Waals surface area contributed by atoms with Crippen molar-refractivity contribution >= 4 is 63.7 Å². The number of nitro benzene ring substituents is 2. The first-order valence-electron chi connectivity index (χ1n) is 11.0. The molecule has 1 aliphatic heterocycles. The van der Waals surface area contributed by atoms with Gasteiger partial charge in [0.15, 0.2) is 0 Å². The molecule has 1 saturated heterocycles. The van der Waals surface area contributed by atoms with Crippen LogP contribution in [0.1, 0.15) is 5.56 Å². The van der Waals surface area contributed by atoms with Crippen LogP contribution in [0.5, 0.6) is 11.5 Å². The van der Waals surface area contributed by atoms with Crippen molar-refractivity contribution in [3.05, 3.63) is 97.4 Å². The molecule has 12 nitrogen and oxygen atoms in total. The number of para-hydroxylation sites is 1. The van der Waals surface area contributed by atoms with E-state index in [-0.39, 0.29) is 16.4 Å². The van der Waals surface area contributed by atoms with Crippen molar-refractivity contribution in [2.75, 3.05) is 18.1 Å². The minimum absolute atomic E-state index is 0.0198. The fourth-order valence-electron chi connectivity index (χ4n) is 3.48. The van der Waals surface area contributed by atoms with Gasteiger partial charge in [-0.15, -0.1) is 11.8 Å². The molecule has 3 aromatic carbocycles. The predicted molar refractivity (Wildman–Crippen MR) is 146 cm³/mol. The third-order valence-electron chi connectivity index (χ3n) is 5.30. The monoisotopic (exact) mass is 566 g/mol. The number of anilines is 1. The maximum Gasteiger partial charge on any atom is 0.318 e. The molecule has 1 heterocycles.